The van der Waals surface area contributed by atoms with E-state index in [2.05, 4.69) is 28.4 Å². The molecule has 2 rings (SSSR count). The molecule has 2 N–H and O–H groups in total. The Morgan fingerprint density at radius 3 is 2.62 bits per heavy atom. The minimum absolute atomic E-state index is 0.0612. The van der Waals surface area contributed by atoms with Gasteiger partial charge in [0.25, 0.3) is 0 Å². The van der Waals surface area contributed by atoms with Gasteiger partial charge in [-0.15, -0.1) is 11.8 Å². The molecule has 0 saturated carbocycles. The minimum Gasteiger partial charge on any atom is -0.508 e. The summed E-state index contributed by atoms with van der Waals surface area (Å²) < 4.78 is 0. The first-order valence-electron chi connectivity index (χ1n) is 7.58. The van der Waals surface area contributed by atoms with Crippen molar-refractivity contribution in [1.29, 1.82) is 0 Å². The maximum atomic E-state index is 9.65. The van der Waals surface area contributed by atoms with Gasteiger partial charge in [0.15, 0.2) is 0 Å². The van der Waals surface area contributed by atoms with Crippen molar-refractivity contribution < 1.29 is 5.11 Å². The number of nitrogens with one attached hydrogen (secondary N) is 1. The molecule has 0 radical (unpaired) electrons. The highest BCUT2D eigenvalue weighted by molar-refractivity contribution is 7.98. The lowest BCUT2D eigenvalue weighted by atomic mass is 10.1. The van der Waals surface area contributed by atoms with Crippen LogP contribution in [-0.2, 0) is 0 Å². The number of benzene rings is 1. The Labute approximate surface area is 148 Å². The number of hydrogen-bond acceptors (Lipinski definition) is 5. The van der Waals surface area contributed by atoms with Crippen molar-refractivity contribution in [3.63, 3.8) is 0 Å². The SMILES string of the molecule is C=C/C=C(\C(=C)O)c1cc(Nc2cccc(SC)c2)ncn1.CC. The van der Waals surface area contributed by atoms with E-state index < -0.39 is 0 Å². The van der Waals surface area contributed by atoms with Crippen LogP contribution in [0.2, 0.25) is 0 Å². The number of nitrogens with zero attached hydrogens (tertiary/aromatic N) is 2. The number of hydrogen-bond donors (Lipinski definition) is 2. The third-order valence-electron chi connectivity index (χ3n) is 2.88. The minimum atomic E-state index is -0.0612. The third-order valence-corrected chi connectivity index (χ3v) is 3.61. The highest BCUT2D eigenvalue weighted by Crippen LogP contribution is 2.24. The van der Waals surface area contributed by atoms with Gasteiger partial charge in [0.1, 0.15) is 17.9 Å². The predicted octanol–water partition coefficient (Wildman–Crippen LogP) is 5.61. The van der Waals surface area contributed by atoms with E-state index in [1.165, 1.54) is 6.33 Å². The quantitative estimate of drug-likeness (QED) is 0.406. The van der Waals surface area contributed by atoms with Crippen LogP contribution in [0, 0.1) is 0 Å². The lowest BCUT2D eigenvalue weighted by molar-refractivity contribution is 0.440. The van der Waals surface area contributed by atoms with Crippen LogP contribution in [-0.4, -0.2) is 21.3 Å². The first-order chi connectivity index (χ1) is 11.6. The first kappa shape index (κ1) is 19.5. The average Bonchev–Trinajstić information content (AvgIpc) is 2.61. The summed E-state index contributed by atoms with van der Waals surface area (Å²) >= 11 is 1.67. The van der Waals surface area contributed by atoms with Crippen molar-refractivity contribution in [2.24, 2.45) is 0 Å². The summed E-state index contributed by atoms with van der Waals surface area (Å²) in [5.74, 6) is 0.577. The van der Waals surface area contributed by atoms with Crippen LogP contribution in [0.1, 0.15) is 19.5 Å². The standard InChI is InChI=1S/C17H17N3OS.C2H6/c1-4-6-15(12(2)21)16-10-17(19-11-18-16)20-13-7-5-8-14(9-13)22-3;1-2/h4-11,21H,1-2H2,3H3,(H,18,19,20);1-2H3/b15-6+;. The Hall–Kier alpha value is -2.53. The van der Waals surface area contributed by atoms with Crippen molar-refractivity contribution >= 4 is 28.8 Å². The highest BCUT2D eigenvalue weighted by Gasteiger charge is 2.07. The number of aliphatic hydroxyl groups excluding tert-OH is 1. The molecule has 0 aliphatic rings. The molecule has 0 aliphatic carbocycles. The van der Waals surface area contributed by atoms with Crippen LogP contribution >= 0.6 is 11.8 Å². The topological polar surface area (TPSA) is 58.0 Å². The largest absolute Gasteiger partial charge is 0.508 e. The van der Waals surface area contributed by atoms with Gasteiger partial charge >= 0.3 is 0 Å². The Balaban J connectivity index is 0.00000139. The molecule has 0 spiro atoms. The van der Waals surface area contributed by atoms with Gasteiger partial charge in [-0.2, -0.15) is 0 Å². The Kier molecular flexibility index (Phi) is 8.36. The Morgan fingerprint density at radius 1 is 1.25 bits per heavy atom. The molecular formula is C19H23N3OS. The molecule has 1 heterocycles. The van der Waals surface area contributed by atoms with E-state index in [0.29, 0.717) is 17.1 Å². The van der Waals surface area contributed by atoms with Gasteiger partial charge in [-0.05, 0) is 30.5 Å². The fourth-order valence-corrected chi connectivity index (χ4v) is 2.33. The summed E-state index contributed by atoms with van der Waals surface area (Å²) in [5.41, 5.74) is 2.03. The van der Waals surface area contributed by atoms with E-state index in [4.69, 9.17) is 0 Å². The lowest BCUT2D eigenvalue weighted by Crippen LogP contribution is -1.98. The van der Waals surface area contributed by atoms with E-state index in [0.717, 1.165) is 10.6 Å². The summed E-state index contributed by atoms with van der Waals surface area (Å²) in [6.07, 6.45) is 6.70. The smallest absolute Gasteiger partial charge is 0.134 e. The second kappa shape index (κ2) is 10.3. The molecule has 0 aliphatic heterocycles. The molecule has 0 saturated heterocycles. The number of aliphatic hydroxyl groups is 1. The predicted molar refractivity (Wildman–Crippen MR) is 105 cm³/mol. The second-order valence-corrected chi connectivity index (χ2v) is 5.29. The van der Waals surface area contributed by atoms with Gasteiger partial charge in [-0.25, -0.2) is 9.97 Å². The summed E-state index contributed by atoms with van der Waals surface area (Å²) in [4.78, 5) is 9.52. The molecule has 1 aromatic carbocycles. The molecule has 4 nitrogen and oxygen atoms in total. The molecule has 0 bridgehead atoms. The molecule has 0 amide bonds. The van der Waals surface area contributed by atoms with Gasteiger partial charge in [0.05, 0.1) is 5.69 Å². The van der Waals surface area contributed by atoms with Crippen molar-refractivity contribution in [2.45, 2.75) is 18.7 Å². The summed E-state index contributed by atoms with van der Waals surface area (Å²) in [7, 11) is 0. The lowest BCUT2D eigenvalue weighted by Gasteiger charge is -2.09. The number of aromatic nitrogens is 2. The second-order valence-electron chi connectivity index (χ2n) is 4.41. The number of allylic oxidation sites excluding steroid dienone is 3. The van der Waals surface area contributed by atoms with E-state index >= 15 is 0 Å². The van der Waals surface area contributed by atoms with Gasteiger partial charge in [0.2, 0.25) is 0 Å². The highest BCUT2D eigenvalue weighted by atomic mass is 32.2. The Morgan fingerprint density at radius 2 is 2.00 bits per heavy atom. The maximum absolute atomic E-state index is 9.65. The van der Waals surface area contributed by atoms with Crippen LogP contribution in [0.5, 0.6) is 0 Å². The van der Waals surface area contributed by atoms with Gasteiger partial charge in [0, 0.05) is 22.2 Å². The molecule has 0 atom stereocenters. The van der Waals surface area contributed by atoms with E-state index in [1.54, 1.807) is 30.0 Å². The molecule has 5 heteroatoms. The number of rotatable bonds is 6. The zero-order chi connectivity index (χ0) is 17.9. The van der Waals surface area contributed by atoms with Crippen LogP contribution in [0.3, 0.4) is 0 Å². The van der Waals surface area contributed by atoms with Crippen molar-refractivity contribution in [3.05, 3.63) is 73.4 Å². The third kappa shape index (κ3) is 5.59. The summed E-state index contributed by atoms with van der Waals surface area (Å²) in [5, 5.41) is 12.9. The zero-order valence-electron chi connectivity index (χ0n) is 14.3. The van der Waals surface area contributed by atoms with Gasteiger partial charge < -0.3 is 10.4 Å². The number of anilines is 2. The van der Waals surface area contributed by atoms with Crippen LogP contribution in [0.15, 0.2) is 72.6 Å². The molecule has 0 fully saturated rings. The van der Waals surface area contributed by atoms with E-state index in [-0.39, 0.29) is 5.76 Å². The van der Waals surface area contributed by atoms with Gasteiger partial charge in [-0.1, -0.05) is 39.1 Å². The number of thioether (sulfide) groups is 1. The molecular weight excluding hydrogens is 318 g/mol. The molecule has 126 valence electrons. The van der Waals surface area contributed by atoms with Crippen molar-refractivity contribution in [1.82, 2.24) is 9.97 Å². The summed E-state index contributed by atoms with van der Waals surface area (Å²) in [6.45, 7) is 11.2. The van der Waals surface area contributed by atoms with Crippen molar-refractivity contribution in [3.8, 4) is 0 Å². The Bertz CT molecular complexity index is 726. The first-order valence-corrected chi connectivity index (χ1v) is 8.81. The average molecular weight is 341 g/mol. The fraction of sp³-hybridized carbons (Fsp3) is 0.158. The molecule has 2 aromatic rings. The normalized spacial score (nSPS) is 10.4. The maximum Gasteiger partial charge on any atom is 0.134 e. The molecule has 1 aromatic heterocycles. The monoisotopic (exact) mass is 341 g/mol. The zero-order valence-corrected chi connectivity index (χ0v) is 15.1. The van der Waals surface area contributed by atoms with Crippen LogP contribution < -0.4 is 5.32 Å². The van der Waals surface area contributed by atoms with Gasteiger partial charge in [-0.3, -0.25) is 0 Å². The fourth-order valence-electron chi connectivity index (χ4n) is 1.87. The van der Waals surface area contributed by atoms with Crippen LogP contribution in [0.4, 0.5) is 11.5 Å². The summed E-state index contributed by atoms with van der Waals surface area (Å²) in [6, 6.07) is 9.78. The molecule has 0 unspecified atom stereocenters. The van der Waals surface area contributed by atoms with E-state index in [1.807, 2.05) is 44.4 Å². The van der Waals surface area contributed by atoms with E-state index in [9.17, 15) is 5.11 Å². The van der Waals surface area contributed by atoms with Crippen LogP contribution in [0.25, 0.3) is 5.57 Å². The van der Waals surface area contributed by atoms with Crippen molar-refractivity contribution in [2.75, 3.05) is 11.6 Å². The molecule has 24 heavy (non-hydrogen) atoms.